The molecule has 3 nitrogen and oxygen atoms in total. The first-order valence-corrected chi connectivity index (χ1v) is 6.52. The molecule has 0 aromatic rings. The number of likely N-dealkylation sites (tertiary alicyclic amines) is 1. The molecule has 2 unspecified atom stereocenters. The molecule has 94 valence electrons. The molecule has 0 aromatic carbocycles. The summed E-state index contributed by atoms with van der Waals surface area (Å²) in [5.74, 6) is 0.536. The molecule has 2 atom stereocenters. The van der Waals surface area contributed by atoms with Gasteiger partial charge in [0.05, 0.1) is 6.61 Å². The fourth-order valence-corrected chi connectivity index (χ4v) is 2.73. The second-order valence-corrected chi connectivity index (χ2v) is 4.66. The number of hydrogen-bond acceptors (Lipinski definition) is 3. The Balaban J connectivity index is 2.11. The molecule has 0 bridgehead atoms. The maximum atomic E-state index is 11.9. The first-order valence-electron chi connectivity index (χ1n) is 6.52. The average Bonchev–Trinajstić information content (AvgIpc) is 2.37. The molecule has 0 N–H and O–H groups in total. The van der Waals surface area contributed by atoms with E-state index in [1.54, 1.807) is 0 Å². The third-order valence-electron chi connectivity index (χ3n) is 3.68. The predicted octanol–water partition coefficient (Wildman–Crippen LogP) is 2.15. The van der Waals surface area contributed by atoms with Gasteiger partial charge in [-0.2, -0.15) is 0 Å². The minimum Gasteiger partial charge on any atom is -0.465 e. The van der Waals surface area contributed by atoms with Crippen LogP contribution in [0.5, 0.6) is 0 Å². The smallest absolute Gasteiger partial charge is 0.323 e. The minimum atomic E-state index is -0.0750. The first kappa shape index (κ1) is 12.4. The normalized spacial score (nSPS) is 28.5. The summed E-state index contributed by atoms with van der Waals surface area (Å²) in [6, 6.07) is -0.0750. The number of rotatable bonds is 3. The molecule has 1 saturated heterocycles. The molecular weight excluding hydrogens is 214 g/mol. The summed E-state index contributed by atoms with van der Waals surface area (Å²) in [7, 11) is 0. The molecule has 17 heavy (non-hydrogen) atoms. The SMILES string of the molecule is CCOC(=O)C1CC2=CC=CCC2CN1CC. The number of ether oxygens (including phenoxy) is 1. The Kier molecular flexibility index (Phi) is 4.00. The lowest BCUT2D eigenvalue weighted by atomic mass is 9.82. The first-order chi connectivity index (χ1) is 8.26. The van der Waals surface area contributed by atoms with E-state index in [0.29, 0.717) is 12.5 Å². The van der Waals surface area contributed by atoms with Gasteiger partial charge in [0, 0.05) is 6.54 Å². The molecule has 2 rings (SSSR count). The molecule has 0 radical (unpaired) electrons. The number of piperidine rings is 1. The summed E-state index contributed by atoms with van der Waals surface area (Å²) in [6.07, 6.45) is 8.44. The Morgan fingerprint density at radius 2 is 2.35 bits per heavy atom. The number of likely N-dealkylation sites (N-methyl/N-ethyl adjacent to an activating group) is 1. The Hall–Kier alpha value is -1.09. The largest absolute Gasteiger partial charge is 0.465 e. The molecule has 3 heteroatoms. The lowest BCUT2D eigenvalue weighted by molar-refractivity contribution is -0.150. The van der Waals surface area contributed by atoms with Crippen molar-refractivity contribution in [2.45, 2.75) is 32.7 Å². The van der Waals surface area contributed by atoms with Gasteiger partial charge in [0.2, 0.25) is 0 Å². The molecule has 0 aromatic heterocycles. The molecule has 0 amide bonds. The van der Waals surface area contributed by atoms with Crippen molar-refractivity contribution in [1.82, 2.24) is 4.90 Å². The van der Waals surface area contributed by atoms with E-state index in [1.165, 1.54) is 5.57 Å². The van der Waals surface area contributed by atoms with Crippen LogP contribution in [0.2, 0.25) is 0 Å². The van der Waals surface area contributed by atoms with E-state index < -0.39 is 0 Å². The van der Waals surface area contributed by atoms with Crippen molar-refractivity contribution in [3.05, 3.63) is 23.8 Å². The van der Waals surface area contributed by atoms with E-state index in [4.69, 9.17) is 4.74 Å². The predicted molar refractivity (Wildman–Crippen MR) is 67.6 cm³/mol. The van der Waals surface area contributed by atoms with Crippen LogP contribution in [0, 0.1) is 5.92 Å². The summed E-state index contributed by atoms with van der Waals surface area (Å²) in [6.45, 7) is 6.34. The molecule has 0 spiro atoms. The maximum Gasteiger partial charge on any atom is 0.323 e. The summed E-state index contributed by atoms with van der Waals surface area (Å²) >= 11 is 0. The Morgan fingerprint density at radius 3 is 3.06 bits per heavy atom. The molecule has 1 fully saturated rings. The van der Waals surface area contributed by atoms with Gasteiger partial charge < -0.3 is 4.74 Å². The molecule has 1 heterocycles. The fraction of sp³-hybridized carbons (Fsp3) is 0.643. The zero-order valence-electron chi connectivity index (χ0n) is 10.7. The average molecular weight is 235 g/mol. The fourth-order valence-electron chi connectivity index (χ4n) is 2.73. The lowest BCUT2D eigenvalue weighted by Gasteiger charge is -2.39. The Labute approximate surface area is 103 Å². The van der Waals surface area contributed by atoms with Gasteiger partial charge >= 0.3 is 5.97 Å². The van der Waals surface area contributed by atoms with Crippen molar-refractivity contribution < 1.29 is 9.53 Å². The number of hydrogen-bond donors (Lipinski definition) is 0. The second-order valence-electron chi connectivity index (χ2n) is 4.66. The Morgan fingerprint density at radius 1 is 1.53 bits per heavy atom. The van der Waals surface area contributed by atoms with Crippen molar-refractivity contribution in [2.24, 2.45) is 5.92 Å². The van der Waals surface area contributed by atoms with E-state index >= 15 is 0 Å². The van der Waals surface area contributed by atoms with Gasteiger partial charge in [0.25, 0.3) is 0 Å². The van der Waals surface area contributed by atoms with Crippen molar-refractivity contribution in [1.29, 1.82) is 0 Å². The van der Waals surface area contributed by atoms with Crippen LogP contribution in [-0.4, -0.2) is 36.6 Å². The molecule has 0 saturated carbocycles. The van der Waals surface area contributed by atoms with E-state index in [1.807, 2.05) is 6.92 Å². The number of allylic oxidation sites excluding steroid dienone is 3. The topological polar surface area (TPSA) is 29.5 Å². The highest BCUT2D eigenvalue weighted by molar-refractivity contribution is 5.76. The van der Waals surface area contributed by atoms with Crippen molar-refractivity contribution in [3.8, 4) is 0 Å². The highest BCUT2D eigenvalue weighted by Crippen LogP contribution is 2.32. The lowest BCUT2D eigenvalue weighted by Crippen LogP contribution is -2.49. The van der Waals surface area contributed by atoms with Crippen LogP contribution in [0.3, 0.4) is 0 Å². The van der Waals surface area contributed by atoms with Crippen LogP contribution in [0.1, 0.15) is 26.7 Å². The number of carbonyl (C=O) groups excluding carboxylic acids is 1. The minimum absolute atomic E-state index is 0.0664. The van der Waals surface area contributed by atoms with Crippen LogP contribution in [0.25, 0.3) is 0 Å². The van der Waals surface area contributed by atoms with E-state index in [9.17, 15) is 4.79 Å². The van der Waals surface area contributed by atoms with Crippen LogP contribution >= 0.6 is 0 Å². The van der Waals surface area contributed by atoms with Crippen LogP contribution in [0.4, 0.5) is 0 Å². The summed E-state index contributed by atoms with van der Waals surface area (Å²) < 4.78 is 5.17. The van der Waals surface area contributed by atoms with Crippen molar-refractivity contribution in [2.75, 3.05) is 19.7 Å². The summed E-state index contributed by atoms with van der Waals surface area (Å²) in [5, 5.41) is 0. The van der Waals surface area contributed by atoms with Gasteiger partial charge in [-0.15, -0.1) is 0 Å². The van der Waals surface area contributed by atoms with Gasteiger partial charge in [0.15, 0.2) is 0 Å². The van der Waals surface area contributed by atoms with Gasteiger partial charge in [-0.05, 0) is 32.2 Å². The van der Waals surface area contributed by atoms with Crippen molar-refractivity contribution >= 4 is 5.97 Å². The molecular formula is C14H21NO2. The number of carbonyl (C=O) groups is 1. The van der Waals surface area contributed by atoms with Gasteiger partial charge in [-0.1, -0.05) is 30.7 Å². The number of nitrogens with zero attached hydrogens (tertiary/aromatic N) is 1. The summed E-state index contributed by atoms with van der Waals surface area (Å²) in [4.78, 5) is 14.2. The van der Waals surface area contributed by atoms with Crippen LogP contribution in [0.15, 0.2) is 23.8 Å². The summed E-state index contributed by atoms with van der Waals surface area (Å²) in [5.41, 5.74) is 1.41. The van der Waals surface area contributed by atoms with Crippen molar-refractivity contribution in [3.63, 3.8) is 0 Å². The van der Waals surface area contributed by atoms with Gasteiger partial charge in [-0.25, -0.2) is 0 Å². The van der Waals surface area contributed by atoms with Gasteiger partial charge in [-0.3, -0.25) is 9.69 Å². The van der Waals surface area contributed by atoms with E-state index in [-0.39, 0.29) is 12.0 Å². The third kappa shape index (κ3) is 2.60. The second kappa shape index (κ2) is 5.50. The van der Waals surface area contributed by atoms with Crippen LogP contribution < -0.4 is 0 Å². The maximum absolute atomic E-state index is 11.9. The monoisotopic (exact) mass is 235 g/mol. The third-order valence-corrected chi connectivity index (χ3v) is 3.68. The molecule has 1 aliphatic carbocycles. The van der Waals surface area contributed by atoms with E-state index in [0.717, 1.165) is 25.9 Å². The van der Waals surface area contributed by atoms with Gasteiger partial charge in [0.1, 0.15) is 6.04 Å². The van der Waals surface area contributed by atoms with E-state index in [2.05, 4.69) is 30.1 Å². The zero-order chi connectivity index (χ0) is 12.3. The molecule has 2 aliphatic rings. The standard InChI is InChI=1S/C14H21NO2/c1-3-15-10-12-8-6-5-7-11(12)9-13(15)14(16)17-4-2/h5-7,12-13H,3-4,8-10H2,1-2H3. The number of fused-ring (bicyclic) bond motifs is 1. The quantitative estimate of drug-likeness (QED) is 0.702. The number of esters is 1. The Bertz CT molecular complexity index is 346. The van der Waals surface area contributed by atoms with Crippen LogP contribution in [-0.2, 0) is 9.53 Å². The molecule has 1 aliphatic heterocycles. The highest BCUT2D eigenvalue weighted by Gasteiger charge is 2.35. The highest BCUT2D eigenvalue weighted by atomic mass is 16.5. The zero-order valence-corrected chi connectivity index (χ0v) is 10.7.